The van der Waals surface area contributed by atoms with Gasteiger partial charge in [0.1, 0.15) is 16.5 Å². The molecule has 0 amide bonds. The Bertz CT molecular complexity index is 1060. The molecule has 0 aromatic heterocycles. The molecule has 2 aromatic rings. The summed E-state index contributed by atoms with van der Waals surface area (Å²) in [5, 5.41) is 5.01. The summed E-state index contributed by atoms with van der Waals surface area (Å²) in [6.07, 6.45) is 0. The van der Waals surface area contributed by atoms with Gasteiger partial charge < -0.3 is 4.74 Å². The number of benzene rings is 2. The second-order valence-corrected chi connectivity index (χ2v) is 8.28. The highest BCUT2D eigenvalue weighted by Crippen LogP contribution is 2.42. The molecule has 3 rings (SSSR count). The van der Waals surface area contributed by atoms with Crippen molar-refractivity contribution in [2.75, 3.05) is 0 Å². The Morgan fingerprint density at radius 2 is 1.81 bits per heavy atom. The van der Waals surface area contributed by atoms with Gasteiger partial charge in [0.05, 0.1) is 10.6 Å². The van der Waals surface area contributed by atoms with Gasteiger partial charge in [-0.05, 0) is 49.7 Å². The predicted molar refractivity (Wildman–Crippen MR) is 96.2 cm³/mol. The van der Waals surface area contributed by atoms with Crippen LogP contribution in [0.25, 0.3) is 11.3 Å². The molecule has 0 saturated carbocycles. The minimum Gasteiger partial charge on any atom is -0.478 e. The zero-order valence-corrected chi connectivity index (χ0v) is 15.5. The lowest BCUT2D eigenvalue weighted by molar-refractivity contribution is -0.125. The lowest BCUT2D eigenvalue weighted by Gasteiger charge is -2.18. The molecule has 0 saturated heterocycles. The topological polar surface area (TPSA) is 86.5 Å². The molecule has 0 unspecified atom stereocenters. The molecule has 0 fully saturated rings. The Balaban J connectivity index is 2.22. The van der Waals surface area contributed by atoms with Crippen molar-refractivity contribution >= 4 is 38.7 Å². The minimum absolute atomic E-state index is 0.100. The van der Waals surface area contributed by atoms with Gasteiger partial charge >= 0.3 is 0 Å². The molecule has 1 aliphatic rings. The average molecular weight is 396 g/mol. The fourth-order valence-corrected chi connectivity index (χ4v) is 3.83. The van der Waals surface area contributed by atoms with E-state index in [-0.39, 0.29) is 27.0 Å². The summed E-state index contributed by atoms with van der Waals surface area (Å²) in [5.74, 6) is -0.604. The Labute approximate surface area is 155 Å². The molecule has 26 heavy (non-hydrogen) atoms. The number of hydrogen-bond acceptors (Lipinski definition) is 4. The minimum atomic E-state index is -3.98. The lowest BCUT2D eigenvalue weighted by atomic mass is 9.92. The summed E-state index contributed by atoms with van der Waals surface area (Å²) in [7, 11) is -3.98. The maximum Gasteiger partial charge on any atom is 0.239 e. The van der Waals surface area contributed by atoms with Crippen molar-refractivity contribution in [2.24, 2.45) is 5.14 Å². The molecule has 1 heterocycles. The number of nitrogens with two attached hydrogens (primary N) is 1. The predicted octanol–water partition coefficient (Wildman–Crippen LogP) is 3.37. The van der Waals surface area contributed by atoms with E-state index in [1.807, 2.05) is 0 Å². The van der Waals surface area contributed by atoms with Crippen LogP contribution in [0.15, 0.2) is 47.4 Å². The summed E-state index contributed by atoms with van der Waals surface area (Å²) in [6, 6.07) is 9.62. The number of ether oxygens (including phenoxy) is 1. The number of sulfonamides is 1. The quantitative estimate of drug-likeness (QED) is 0.863. The third kappa shape index (κ3) is 3.25. The first-order valence-corrected chi connectivity index (χ1v) is 9.50. The van der Waals surface area contributed by atoms with Gasteiger partial charge in [0.2, 0.25) is 15.8 Å². The van der Waals surface area contributed by atoms with Gasteiger partial charge in [-0.25, -0.2) is 17.9 Å². The molecule has 2 N–H and O–H groups in total. The van der Waals surface area contributed by atoms with Gasteiger partial charge in [-0.15, -0.1) is 0 Å². The van der Waals surface area contributed by atoms with Crippen LogP contribution >= 0.6 is 11.6 Å². The Hall–Kier alpha value is -2.22. The van der Waals surface area contributed by atoms with Gasteiger partial charge in [0, 0.05) is 5.56 Å². The molecule has 0 radical (unpaired) electrons. The number of hydrogen-bond donors (Lipinski definition) is 1. The Morgan fingerprint density at radius 1 is 1.12 bits per heavy atom. The molecule has 0 bridgehead atoms. The fraction of sp³-hybridized carbons (Fsp3) is 0.167. The molecule has 0 atom stereocenters. The maximum absolute atomic E-state index is 13.6. The summed E-state index contributed by atoms with van der Waals surface area (Å²) in [4.78, 5) is 12.5. The van der Waals surface area contributed by atoms with Crippen LogP contribution in [-0.2, 0) is 19.6 Å². The SMILES string of the molecule is CC1(C)OC(c2ccc(S(N)(=O)=O)c(Cl)c2)=C(c2cccc(F)c2)C1=O. The van der Waals surface area contributed by atoms with Crippen LogP contribution in [0, 0.1) is 5.82 Å². The molecule has 2 aromatic carbocycles. The summed E-state index contributed by atoms with van der Waals surface area (Å²) >= 11 is 6.04. The largest absolute Gasteiger partial charge is 0.478 e. The van der Waals surface area contributed by atoms with Crippen LogP contribution < -0.4 is 5.14 Å². The fourth-order valence-electron chi connectivity index (χ4n) is 2.74. The standard InChI is InChI=1S/C18H15ClFNO4S/c1-18(2)17(22)15(10-4-3-5-12(20)8-10)16(25-18)11-6-7-14(13(19)9-11)26(21,23)24/h3-9H,1-2H3,(H2,21,23,24). The van der Waals surface area contributed by atoms with E-state index in [4.69, 9.17) is 21.5 Å². The van der Waals surface area contributed by atoms with Crippen molar-refractivity contribution in [1.29, 1.82) is 0 Å². The van der Waals surface area contributed by atoms with E-state index in [2.05, 4.69) is 0 Å². The number of rotatable bonds is 3. The first kappa shape index (κ1) is 18.6. The number of ketones is 1. The van der Waals surface area contributed by atoms with Crippen LogP contribution in [-0.4, -0.2) is 19.8 Å². The second-order valence-electron chi connectivity index (χ2n) is 6.35. The molecule has 1 aliphatic heterocycles. The lowest BCUT2D eigenvalue weighted by Crippen LogP contribution is -2.29. The number of Topliss-reactive ketones (excluding diaryl/α,β-unsaturated/α-hetero) is 1. The van der Waals surface area contributed by atoms with Gasteiger partial charge in [-0.1, -0.05) is 23.7 Å². The zero-order valence-electron chi connectivity index (χ0n) is 13.9. The van der Waals surface area contributed by atoms with Crippen LogP contribution in [0.5, 0.6) is 0 Å². The van der Waals surface area contributed by atoms with Gasteiger partial charge in [0.15, 0.2) is 5.60 Å². The van der Waals surface area contributed by atoms with Crippen LogP contribution in [0.3, 0.4) is 0 Å². The number of carbonyl (C=O) groups excluding carboxylic acids is 1. The van der Waals surface area contributed by atoms with E-state index in [0.717, 1.165) is 0 Å². The van der Waals surface area contributed by atoms with E-state index in [9.17, 15) is 17.6 Å². The number of carbonyl (C=O) groups is 1. The molecule has 0 spiro atoms. The Morgan fingerprint density at radius 3 is 2.38 bits per heavy atom. The number of halogens is 2. The highest BCUT2D eigenvalue weighted by molar-refractivity contribution is 7.89. The first-order chi connectivity index (χ1) is 12.0. The van der Waals surface area contributed by atoms with Crippen molar-refractivity contribution in [3.63, 3.8) is 0 Å². The third-order valence-corrected chi connectivity index (χ3v) is 5.37. The van der Waals surface area contributed by atoms with Crippen LogP contribution in [0.2, 0.25) is 5.02 Å². The monoisotopic (exact) mass is 395 g/mol. The van der Waals surface area contributed by atoms with E-state index in [0.29, 0.717) is 11.1 Å². The highest BCUT2D eigenvalue weighted by atomic mass is 35.5. The van der Waals surface area contributed by atoms with Gasteiger partial charge in [0.25, 0.3) is 0 Å². The Kier molecular flexibility index (Phi) is 4.42. The van der Waals surface area contributed by atoms with E-state index < -0.39 is 21.4 Å². The molecule has 136 valence electrons. The van der Waals surface area contributed by atoms with Crippen molar-refractivity contribution in [1.82, 2.24) is 0 Å². The van der Waals surface area contributed by atoms with Crippen molar-refractivity contribution in [2.45, 2.75) is 24.3 Å². The van der Waals surface area contributed by atoms with E-state index in [1.165, 1.54) is 36.4 Å². The summed E-state index contributed by atoms with van der Waals surface area (Å²) < 4.78 is 42.5. The molecule has 5 nitrogen and oxygen atoms in total. The zero-order chi connectivity index (χ0) is 19.3. The van der Waals surface area contributed by atoms with Crippen molar-refractivity contribution in [3.05, 3.63) is 64.4 Å². The van der Waals surface area contributed by atoms with Gasteiger partial charge in [-0.3, -0.25) is 4.79 Å². The average Bonchev–Trinajstić information content (AvgIpc) is 2.76. The molecule has 8 heteroatoms. The van der Waals surface area contributed by atoms with E-state index >= 15 is 0 Å². The highest BCUT2D eigenvalue weighted by Gasteiger charge is 2.43. The smallest absolute Gasteiger partial charge is 0.239 e. The molecule has 0 aliphatic carbocycles. The van der Waals surface area contributed by atoms with Crippen molar-refractivity contribution in [3.8, 4) is 0 Å². The van der Waals surface area contributed by atoms with Crippen LogP contribution in [0.1, 0.15) is 25.0 Å². The molecular weight excluding hydrogens is 381 g/mol. The molecular formula is C18H15ClFNO4S. The van der Waals surface area contributed by atoms with Crippen molar-refractivity contribution < 1.29 is 22.3 Å². The normalized spacial score (nSPS) is 16.7. The summed E-state index contributed by atoms with van der Waals surface area (Å²) in [5.41, 5.74) is -0.195. The number of primary sulfonamides is 1. The first-order valence-electron chi connectivity index (χ1n) is 7.57. The third-order valence-electron chi connectivity index (χ3n) is 3.97. The van der Waals surface area contributed by atoms with Gasteiger partial charge in [-0.2, -0.15) is 0 Å². The maximum atomic E-state index is 13.6. The summed E-state index contributed by atoms with van der Waals surface area (Å²) in [6.45, 7) is 3.20. The van der Waals surface area contributed by atoms with Crippen LogP contribution in [0.4, 0.5) is 4.39 Å². The van der Waals surface area contributed by atoms with E-state index in [1.54, 1.807) is 19.9 Å². The second kappa shape index (κ2) is 6.19.